The first kappa shape index (κ1) is 7.29. The first-order valence-electron chi connectivity index (χ1n) is 3.51. The molecule has 0 N–H and O–H groups in total. The predicted octanol–water partition coefficient (Wildman–Crippen LogP) is 1.69. The van der Waals surface area contributed by atoms with Gasteiger partial charge in [-0.1, -0.05) is 30.3 Å². The first-order valence-corrected chi connectivity index (χ1v) is 3.51. The van der Waals surface area contributed by atoms with E-state index in [9.17, 15) is 0 Å². The maximum Gasteiger partial charge on any atom is 0.0445 e. The lowest BCUT2D eigenvalue weighted by molar-refractivity contribution is 0.715. The van der Waals surface area contributed by atoms with Crippen molar-refractivity contribution in [2.24, 2.45) is 0 Å². The molecule has 1 aromatic rings. The minimum atomic E-state index is -0.234. The number of benzene rings is 1. The van der Waals surface area contributed by atoms with Crippen molar-refractivity contribution in [3.05, 3.63) is 35.9 Å². The van der Waals surface area contributed by atoms with E-state index in [0.29, 0.717) is 0 Å². The third-order valence-electron chi connectivity index (χ3n) is 1.37. The molecule has 0 aromatic heterocycles. The monoisotopic (exact) mass is 133 g/mol. The van der Waals surface area contributed by atoms with Crippen LogP contribution in [0.2, 0.25) is 0 Å². The van der Waals surface area contributed by atoms with E-state index < -0.39 is 0 Å². The Kier molecular flexibility index (Phi) is 2.46. The lowest BCUT2D eigenvalue weighted by Crippen LogP contribution is -2.05. The Morgan fingerprint density at radius 1 is 1.30 bits per heavy atom. The predicted molar refractivity (Wildman–Crippen MR) is 41.7 cm³/mol. The summed E-state index contributed by atoms with van der Waals surface area (Å²) in [5, 5.41) is 0. The van der Waals surface area contributed by atoms with E-state index in [0.717, 1.165) is 6.42 Å². The molecule has 1 atom stereocenters. The Morgan fingerprint density at radius 2 is 1.90 bits per heavy atom. The molecule has 2 radical (unpaired) electrons. The highest BCUT2D eigenvalue weighted by atomic mass is 14.6. The van der Waals surface area contributed by atoms with Crippen LogP contribution in [-0.4, -0.2) is 6.04 Å². The van der Waals surface area contributed by atoms with Crippen molar-refractivity contribution in [1.82, 2.24) is 5.73 Å². The summed E-state index contributed by atoms with van der Waals surface area (Å²) in [4.78, 5) is 0. The van der Waals surface area contributed by atoms with Gasteiger partial charge in [-0.05, 0) is 18.9 Å². The van der Waals surface area contributed by atoms with Crippen LogP contribution in [-0.2, 0) is 6.42 Å². The topological polar surface area (TPSA) is 22.3 Å². The molecule has 1 heteroatoms. The second-order valence-corrected chi connectivity index (χ2v) is 2.54. The Balaban J connectivity index is 2.59. The maximum atomic E-state index is 9.01. The highest BCUT2D eigenvalue weighted by Gasteiger charge is 1.96. The number of rotatable bonds is 2. The van der Waals surface area contributed by atoms with Gasteiger partial charge in [0, 0.05) is 6.04 Å². The largest absolute Gasteiger partial charge is 0.141 e. The highest BCUT2D eigenvalue weighted by molar-refractivity contribution is 5.15. The molecule has 10 heavy (non-hydrogen) atoms. The number of hydrogen-bond acceptors (Lipinski definition) is 0. The lowest BCUT2D eigenvalue weighted by atomic mass is 10.1. The molecule has 1 nitrogen and oxygen atoms in total. The zero-order chi connectivity index (χ0) is 7.40. The average molecular weight is 133 g/mol. The van der Waals surface area contributed by atoms with Gasteiger partial charge in [-0.2, -0.15) is 0 Å². The molecule has 0 saturated heterocycles. The molecule has 0 fully saturated rings. The molecule has 0 bridgehead atoms. The van der Waals surface area contributed by atoms with Crippen molar-refractivity contribution in [3.8, 4) is 0 Å². The van der Waals surface area contributed by atoms with Crippen molar-refractivity contribution in [2.45, 2.75) is 19.4 Å². The van der Waals surface area contributed by atoms with Crippen molar-refractivity contribution in [2.75, 3.05) is 0 Å². The molecule has 0 heterocycles. The molecule has 0 saturated carbocycles. The fraction of sp³-hybridized carbons (Fsp3) is 0.333. The van der Waals surface area contributed by atoms with Crippen LogP contribution in [0.15, 0.2) is 30.3 Å². The van der Waals surface area contributed by atoms with Crippen LogP contribution in [0.25, 0.3) is 0 Å². The van der Waals surface area contributed by atoms with Crippen LogP contribution in [0.1, 0.15) is 12.5 Å². The first-order chi connectivity index (χ1) is 4.79. The van der Waals surface area contributed by atoms with Gasteiger partial charge < -0.3 is 0 Å². The summed E-state index contributed by atoms with van der Waals surface area (Å²) in [6.45, 7) is 1.80. The minimum absolute atomic E-state index is 0.234. The fourth-order valence-electron chi connectivity index (χ4n) is 0.955. The van der Waals surface area contributed by atoms with Crippen LogP contribution in [0.5, 0.6) is 0 Å². The molecule has 1 rings (SSSR count). The summed E-state index contributed by atoms with van der Waals surface area (Å²) in [5.41, 5.74) is 10.2. The van der Waals surface area contributed by atoms with Gasteiger partial charge in [0.25, 0.3) is 0 Å². The fourth-order valence-corrected chi connectivity index (χ4v) is 0.955. The van der Waals surface area contributed by atoms with E-state index in [4.69, 9.17) is 5.73 Å². The van der Waals surface area contributed by atoms with Gasteiger partial charge in [0.2, 0.25) is 0 Å². The van der Waals surface area contributed by atoms with Gasteiger partial charge in [0.05, 0.1) is 0 Å². The quantitative estimate of drug-likeness (QED) is 0.585. The average Bonchev–Trinajstić information content (AvgIpc) is 1.88. The van der Waals surface area contributed by atoms with E-state index in [-0.39, 0.29) is 6.04 Å². The lowest BCUT2D eigenvalue weighted by Gasteiger charge is -2.00. The molecule has 0 spiro atoms. The van der Waals surface area contributed by atoms with Crippen molar-refractivity contribution < 1.29 is 0 Å². The van der Waals surface area contributed by atoms with Crippen LogP contribution >= 0.6 is 0 Å². The third kappa shape index (κ3) is 2.19. The zero-order valence-corrected chi connectivity index (χ0v) is 6.12. The molecule has 52 valence electrons. The van der Waals surface area contributed by atoms with E-state index in [1.54, 1.807) is 6.92 Å². The number of hydrogen-bond donors (Lipinski definition) is 0. The van der Waals surface area contributed by atoms with Gasteiger partial charge in [0.1, 0.15) is 0 Å². The second kappa shape index (κ2) is 3.37. The Labute approximate surface area is 61.9 Å². The van der Waals surface area contributed by atoms with Crippen LogP contribution in [0.3, 0.4) is 0 Å². The summed E-state index contributed by atoms with van der Waals surface area (Å²) in [7, 11) is 0. The standard InChI is InChI=1S/C9H11N/c1-8(10)7-9-5-3-2-4-6-9/h2-6,8H,7H2,1H3. The number of nitrogens with zero attached hydrogens (tertiary/aromatic N) is 1. The summed E-state index contributed by atoms with van der Waals surface area (Å²) in [6.07, 6.45) is 0.751. The Morgan fingerprint density at radius 3 is 2.40 bits per heavy atom. The van der Waals surface area contributed by atoms with Crippen molar-refractivity contribution in [1.29, 1.82) is 0 Å². The second-order valence-electron chi connectivity index (χ2n) is 2.54. The smallest absolute Gasteiger partial charge is 0.0445 e. The van der Waals surface area contributed by atoms with Gasteiger partial charge in [-0.3, -0.25) is 0 Å². The molecule has 0 amide bonds. The van der Waals surface area contributed by atoms with Crippen LogP contribution in [0.4, 0.5) is 0 Å². The van der Waals surface area contributed by atoms with Crippen LogP contribution in [0, 0.1) is 0 Å². The zero-order valence-electron chi connectivity index (χ0n) is 6.12. The van der Waals surface area contributed by atoms with Crippen molar-refractivity contribution >= 4 is 0 Å². The van der Waals surface area contributed by atoms with E-state index in [1.165, 1.54) is 5.56 Å². The van der Waals surface area contributed by atoms with E-state index in [1.807, 2.05) is 30.3 Å². The maximum absolute atomic E-state index is 9.01. The highest BCUT2D eigenvalue weighted by Crippen LogP contribution is 2.01. The molecule has 1 aromatic carbocycles. The molecule has 1 unspecified atom stereocenters. The Hall–Kier alpha value is -0.820. The summed E-state index contributed by atoms with van der Waals surface area (Å²) >= 11 is 0. The molecule has 0 aliphatic carbocycles. The van der Waals surface area contributed by atoms with Gasteiger partial charge >= 0.3 is 0 Å². The SMILES string of the molecule is CC([N])Cc1ccccc1. The van der Waals surface area contributed by atoms with Gasteiger partial charge in [-0.15, -0.1) is 5.73 Å². The molecular weight excluding hydrogens is 122 g/mol. The van der Waals surface area contributed by atoms with E-state index >= 15 is 0 Å². The molecule has 0 aliphatic rings. The summed E-state index contributed by atoms with van der Waals surface area (Å²) in [5.74, 6) is 0. The van der Waals surface area contributed by atoms with Gasteiger partial charge in [0.15, 0.2) is 0 Å². The van der Waals surface area contributed by atoms with Crippen molar-refractivity contribution in [3.63, 3.8) is 0 Å². The van der Waals surface area contributed by atoms with E-state index in [2.05, 4.69) is 0 Å². The molecule has 0 aliphatic heterocycles. The molecular formula is C9H11N. The summed E-state index contributed by atoms with van der Waals surface area (Å²) < 4.78 is 0. The third-order valence-corrected chi connectivity index (χ3v) is 1.37. The normalized spacial score (nSPS) is 13.0. The van der Waals surface area contributed by atoms with Gasteiger partial charge in [-0.25, -0.2) is 0 Å². The summed E-state index contributed by atoms with van der Waals surface area (Å²) in [6, 6.07) is 9.75. The minimum Gasteiger partial charge on any atom is -0.141 e. The van der Waals surface area contributed by atoms with Crippen LogP contribution < -0.4 is 5.73 Å². The Bertz CT molecular complexity index is 179.